The summed E-state index contributed by atoms with van der Waals surface area (Å²) < 4.78 is 40.5. The van der Waals surface area contributed by atoms with Crippen LogP contribution in [0.3, 0.4) is 0 Å². The summed E-state index contributed by atoms with van der Waals surface area (Å²) in [5.41, 5.74) is 1.01. The summed E-state index contributed by atoms with van der Waals surface area (Å²) in [6.45, 7) is 2.94. The Hall–Kier alpha value is -2.45. The summed E-state index contributed by atoms with van der Waals surface area (Å²) >= 11 is 0. The van der Waals surface area contributed by atoms with Gasteiger partial charge in [-0.25, -0.2) is 12.8 Å². The van der Waals surface area contributed by atoms with E-state index in [1.807, 2.05) is 19.0 Å². The van der Waals surface area contributed by atoms with Gasteiger partial charge < -0.3 is 10.2 Å². The minimum atomic E-state index is -3.83. The van der Waals surface area contributed by atoms with Crippen LogP contribution in [0, 0.1) is 12.7 Å². The van der Waals surface area contributed by atoms with Gasteiger partial charge in [-0.1, -0.05) is 0 Å². The number of amides is 1. The molecule has 0 aromatic heterocycles. The van der Waals surface area contributed by atoms with Crippen molar-refractivity contribution in [1.29, 1.82) is 0 Å². The number of sulfonamides is 1. The molecule has 0 radical (unpaired) electrons. The molecule has 0 aliphatic heterocycles. The average molecular weight is 393 g/mol. The lowest BCUT2D eigenvalue weighted by Gasteiger charge is -2.11. The quantitative estimate of drug-likeness (QED) is 0.676. The number of hydrogen-bond acceptors (Lipinski definition) is 4. The van der Waals surface area contributed by atoms with Gasteiger partial charge in [-0.05, 0) is 82.0 Å². The Bertz CT molecular complexity index is 897. The topological polar surface area (TPSA) is 78.5 Å². The highest BCUT2D eigenvalue weighted by Gasteiger charge is 2.16. The van der Waals surface area contributed by atoms with Gasteiger partial charge in [0.15, 0.2) is 0 Å². The Morgan fingerprint density at radius 3 is 2.37 bits per heavy atom. The van der Waals surface area contributed by atoms with Crippen molar-refractivity contribution in [2.24, 2.45) is 0 Å². The van der Waals surface area contributed by atoms with Crippen molar-refractivity contribution >= 4 is 21.6 Å². The fraction of sp³-hybridized carbons (Fsp3) is 0.316. The molecule has 0 fully saturated rings. The monoisotopic (exact) mass is 393 g/mol. The highest BCUT2D eigenvalue weighted by Crippen LogP contribution is 2.19. The lowest BCUT2D eigenvalue weighted by atomic mass is 10.2. The highest BCUT2D eigenvalue weighted by atomic mass is 32.2. The molecule has 6 nitrogen and oxygen atoms in total. The van der Waals surface area contributed by atoms with Crippen LogP contribution >= 0.6 is 0 Å². The number of hydrogen-bond donors (Lipinski definition) is 2. The summed E-state index contributed by atoms with van der Waals surface area (Å²) in [5, 5.41) is 2.82. The fourth-order valence-corrected chi connectivity index (χ4v) is 3.53. The second kappa shape index (κ2) is 8.96. The lowest BCUT2D eigenvalue weighted by Crippen LogP contribution is -2.27. The molecule has 0 bridgehead atoms. The lowest BCUT2D eigenvalue weighted by molar-refractivity contribution is 0.0952. The molecule has 0 spiro atoms. The van der Waals surface area contributed by atoms with Crippen LogP contribution in [0.4, 0.5) is 10.1 Å². The van der Waals surface area contributed by atoms with Crippen LogP contribution in [0.25, 0.3) is 0 Å². The maximum Gasteiger partial charge on any atom is 0.261 e. The third-order valence-corrected chi connectivity index (χ3v) is 5.29. The number of benzene rings is 2. The zero-order valence-corrected chi connectivity index (χ0v) is 16.4. The number of anilines is 1. The number of carbonyl (C=O) groups is 1. The Balaban J connectivity index is 2.00. The van der Waals surface area contributed by atoms with E-state index in [0.717, 1.165) is 19.0 Å². The first-order chi connectivity index (χ1) is 12.7. The number of nitrogens with one attached hydrogen (secondary N) is 2. The first-order valence-electron chi connectivity index (χ1n) is 8.51. The second-order valence-electron chi connectivity index (χ2n) is 6.51. The van der Waals surface area contributed by atoms with Crippen LogP contribution in [0.5, 0.6) is 0 Å². The van der Waals surface area contributed by atoms with E-state index in [9.17, 15) is 17.6 Å². The molecule has 0 aliphatic carbocycles. The second-order valence-corrected chi connectivity index (χ2v) is 8.19. The van der Waals surface area contributed by atoms with Crippen molar-refractivity contribution in [3.63, 3.8) is 0 Å². The van der Waals surface area contributed by atoms with E-state index < -0.39 is 15.8 Å². The van der Waals surface area contributed by atoms with Crippen LogP contribution in [-0.4, -0.2) is 46.4 Å². The smallest absolute Gasteiger partial charge is 0.261 e. The summed E-state index contributed by atoms with van der Waals surface area (Å²) in [6.07, 6.45) is 0.841. The predicted octanol–water partition coefficient (Wildman–Crippen LogP) is 2.62. The van der Waals surface area contributed by atoms with Crippen LogP contribution in [0.1, 0.15) is 22.3 Å². The van der Waals surface area contributed by atoms with Crippen molar-refractivity contribution in [3.05, 3.63) is 59.4 Å². The van der Waals surface area contributed by atoms with E-state index in [1.54, 1.807) is 12.1 Å². The van der Waals surface area contributed by atoms with Gasteiger partial charge in [-0.2, -0.15) is 0 Å². The van der Waals surface area contributed by atoms with E-state index in [2.05, 4.69) is 10.0 Å². The van der Waals surface area contributed by atoms with Crippen LogP contribution in [0.15, 0.2) is 47.4 Å². The molecule has 2 aromatic rings. The Morgan fingerprint density at radius 1 is 1.11 bits per heavy atom. The van der Waals surface area contributed by atoms with Gasteiger partial charge in [-0.3, -0.25) is 9.52 Å². The zero-order valence-electron chi connectivity index (χ0n) is 15.6. The van der Waals surface area contributed by atoms with Gasteiger partial charge in [-0.15, -0.1) is 0 Å². The number of rotatable bonds is 8. The molecule has 0 unspecified atom stereocenters. The first-order valence-corrected chi connectivity index (χ1v) is 9.99. The molecule has 1 amide bonds. The van der Waals surface area contributed by atoms with Crippen molar-refractivity contribution in [2.75, 3.05) is 31.9 Å². The SMILES string of the molecule is Cc1cc(S(=O)(=O)Nc2ccc(C(=O)NCCCN(C)C)cc2)ccc1F. The average Bonchev–Trinajstić information content (AvgIpc) is 2.61. The molecular formula is C19H24FN3O3S. The third-order valence-electron chi connectivity index (χ3n) is 3.91. The summed E-state index contributed by atoms with van der Waals surface area (Å²) in [7, 11) is 0.101. The van der Waals surface area contributed by atoms with Gasteiger partial charge in [0.05, 0.1) is 4.90 Å². The van der Waals surface area contributed by atoms with E-state index in [4.69, 9.17) is 0 Å². The zero-order chi connectivity index (χ0) is 20.0. The molecule has 0 aliphatic rings. The molecule has 2 rings (SSSR count). The molecule has 0 atom stereocenters. The summed E-state index contributed by atoms with van der Waals surface area (Å²) in [5.74, 6) is -0.674. The van der Waals surface area contributed by atoms with Gasteiger partial charge in [0.25, 0.3) is 15.9 Å². The molecule has 0 saturated heterocycles. The van der Waals surface area contributed by atoms with Crippen molar-refractivity contribution in [2.45, 2.75) is 18.2 Å². The van der Waals surface area contributed by atoms with Gasteiger partial charge in [0.1, 0.15) is 5.82 Å². The highest BCUT2D eigenvalue weighted by molar-refractivity contribution is 7.92. The molecule has 8 heteroatoms. The van der Waals surface area contributed by atoms with E-state index in [1.165, 1.54) is 31.2 Å². The van der Waals surface area contributed by atoms with E-state index >= 15 is 0 Å². The number of aryl methyl sites for hydroxylation is 1. The van der Waals surface area contributed by atoms with Crippen LogP contribution in [-0.2, 0) is 10.0 Å². The maximum absolute atomic E-state index is 13.3. The number of nitrogens with zero attached hydrogens (tertiary/aromatic N) is 1. The molecular weight excluding hydrogens is 369 g/mol. The maximum atomic E-state index is 13.3. The molecule has 146 valence electrons. The number of carbonyl (C=O) groups excluding carboxylic acids is 1. The van der Waals surface area contributed by atoms with Crippen molar-refractivity contribution in [3.8, 4) is 0 Å². The van der Waals surface area contributed by atoms with Gasteiger partial charge in [0.2, 0.25) is 0 Å². The molecule has 27 heavy (non-hydrogen) atoms. The third kappa shape index (κ3) is 6.04. The Kier molecular flexibility index (Phi) is 6.92. The van der Waals surface area contributed by atoms with E-state index in [0.29, 0.717) is 17.8 Å². The molecule has 0 heterocycles. The van der Waals surface area contributed by atoms with Crippen molar-refractivity contribution in [1.82, 2.24) is 10.2 Å². The Labute approximate surface area is 159 Å². The largest absolute Gasteiger partial charge is 0.352 e. The normalized spacial score (nSPS) is 11.4. The summed E-state index contributed by atoms with van der Waals surface area (Å²) in [6, 6.07) is 9.73. The fourth-order valence-electron chi connectivity index (χ4n) is 2.39. The van der Waals surface area contributed by atoms with E-state index in [-0.39, 0.29) is 16.4 Å². The molecule has 0 saturated carbocycles. The minimum absolute atomic E-state index is 0.0240. The first kappa shape index (κ1) is 20.9. The summed E-state index contributed by atoms with van der Waals surface area (Å²) in [4.78, 5) is 14.1. The minimum Gasteiger partial charge on any atom is -0.352 e. The molecule has 2 N–H and O–H groups in total. The van der Waals surface area contributed by atoms with Crippen LogP contribution in [0.2, 0.25) is 0 Å². The Morgan fingerprint density at radius 2 is 1.78 bits per heavy atom. The van der Waals surface area contributed by atoms with Gasteiger partial charge in [0, 0.05) is 17.8 Å². The van der Waals surface area contributed by atoms with Gasteiger partial charge >= 0.3 is 0 Å². The standard InChI is InChI=1S/C19H24FN3O3S/c1-14-13-17(9-10-18(14)20)27(25,26)22-16-7-5-15(6-8-16)19(24)21-11-4-12-23(2)3/h5-10,13,22H,4,11-12H2,1-3H3,(H,21,24). The number of halogens is 1. The molecule has 2 aromatic carbocycles. The van der Waals surface area contributed by atoms with Crippen LogP contribution < -0.4 is 10.0 Å². The van der Waals surface area contributed by atoms with Crippen molar-refractivity contribution < 1.29 is 17.6 Å². The predicted molar refractivity (Wildman–Crippen MR) is 104 cm³/mol.